The number of nitrogens with zero attached hydrogens (tertiary/aromatic N) is 2. The highest BCUT2D eigenvalue weighted by Crippen LogP contribution is 2.09. The molecule has 0 aliphatic rings. The molecular formula is C14H25N3O. The Morgan fingerprint density at radius 3 is 2.78 bits per heavy atom. The number of ketones is 1. The van der Waals surface area contributed by atoms with E-state index in [9.17, 15) is 4.79 Å². The van der Waals surface area contributed by atoms with Gasteiger partial charge in [0.25, 0.3) is 0 Å². The third-order valence-electron chi connectivity index (χ3n) is 3.07. The van der Waals surface area contributed by atoms with Gasteiger partial charge in [0, 0.05) is 31.1 Å². The topological polar surface area (TPSA) is 60.9 Å². The standard InChI is InChI=1S/C14H25N3O/c1-4-12-9-13(17(5-2)16-12)10-14(18)8-6-7-11(3)15/h9,11H,4-8,10,15H2,1-3H3. The molecule has 0 aliphatic carbocycles. The van der Waals surface area contributed by atoms with Crippen LogP contribution in [0.1, 0.15) is 51.4 Å². The summed E-state index contributed by atoms with van der Waals surface area (Å²) in [5.74, 6) is 0.285. The number of nitrogens with two attached hydrogens (primary N) is 1. The first-order valence-electron chi connectivity index (χ1n) is 6.89. The molecule has 2 N–H and O–H groups in total. The Bertz CT molecular complexity index is 382. The maximum absolute atomic E-state index is 11.9. The third kappa shape index (κ3) is 4.61. The molecular weight excluding hydrogens is 226 g/mol. The van der Waals surface area contributed by atoms with Crippen LogP contribution < -0.4 is 5.73 Å². The fraction of sp³-hybridized carbons (Fsp3) is 0.714. The van der Waals surface area contributed by atoms with Crippen LogP contribution in [0.3, 0.4) is 0 Å². The Hall–Kier alpha value is -1.16. The van der Waals surface area contributed by atoms with Crippen LogP contribution in [-0.2, 0) is 24.2 Å². The number of aryl methyl sites for hydroxylation is 2. The first-order chi connectivity index (χ1) is 8.56. The molecule has 1 heterocycles. The molecule has 0 aliphatic heterocycles. The molecule has 0 fully saturated rings. The number of Topliss-reactive ketones (excluding diaryl/α,β-unsaturated/α-hetero) is 1. The fourth-order valence-corrected chi connectivity index (χ4v) is 2.02. The van der Waals surface area contributed by atoms with Gasteiger partial charge in [0.1, 0.15) is 5.78 Å². The van der Waals surface area contributed by atoms with Crippen LogP contribution in [0.2, 0.25) is 0 Å². The number of hydrogen-bond donors (Lipinski definition) is 1. The van der Waals surface area contributed by atoms with E-state index in [-0.39, 0.29) is 11.8 Å². The van der Waals surface area contributed by atoms with Gasteiger partial charge in [-0.05, 0) is 39.2 Å². The Morgan fingerprint density at radius 2 is 2.22 bits per heavy atom. The first kappa shape index (κ1) is 14.9. The highest BCUT2D eigenvalue weighted by Gasteiger charge is 2.10. The van der Waals surface area contributed by atoms with E-state index in [0.29, 0.717) is 12.8 Å². The van der Waals surface area contributed by atoms with Crippen molar-refractivity contribution in [2.45, 2.75) is 65.5 Å². The molecule has 4 nitrogen and oxygen atoms in total. The molecule has 0 saturated carbocycles. The number of carbonyl (C=O) groups is 1. The zero-order valence-electron chi connectivity index (χ0n) is 11.8. The zero-order valence-corrected chi connectivity index (χ0v) is 11.8. The summed E-state index contributed by atoms with van der Waals surface area (Å²) in [5.41, 5.74) is 7.78. The third-order valence-corrected chi connectivity index (χ3v) is 3.07. The second kappa shape index (κ2) is 7.31. The molecule has 0 saturated heterocycles. The summed E-state index contributed by atoms with van der Waals surface area (Å²) in [6.45, 7) is 6.93. The monoisotopic (exact) mass is 251 g/mol. The Balaban J connectivity index is 2.50. The summed E-state index contributed by atoms with van der Waals surface area (Å²) in [4.78, 5) is 11.9. The molecule has 1 atom stereocenters. The van der Waals surface area contributed by atoms with Gasteiger partial charge in [-0.3, -0.25) is 9.48 Å². The van der Waals surface area contributed by atoms with Gasteiger partial charge >= 0.3 is 0 Å². The van der Waals surface area contributed by atoms with E-state index in [0.717, 1.165) is 37.2 Å². The molecule has 1 unspecified atom stereocenters. The first-order valence-corrected chi connectivity index (χ1v) is 6.89. The van der Waals surface area contributed by atoms with Crippen molar-refractivity contribution in [3.05, 3.63) is 17.5 Å². The van der Waals surface area contributed by atoms with Crippen molar-refractivity contribution in [2.75, 3.05) is 0 Å². The quantitative estimate of drug-likeness (QED) is 0.769. The second-order valence-corrected chi connectivity index (χ2v) is 4.88. The Labute approximate surface area is 110 Å². The van der Waals surface area contributed by atoms with E-state index in [2.05, 4.69) is 18.9 Å². The van der Waals surface area contributed by atoms with Crippen molar-refractivity contribution in [1.29, 1.82) is 0 Å². The molecule has 0 aromatic carbocycles. The van der Waals surface area contributed by atoms with E-state index in [1.165, 1.54) is 0 Å². The molecule has 0 amide bonds. The second-order valence-electron chi connectivity index (χ2n) is 4.88. The molecule has 1 aromatic rings. The number of rotatable bonds is 8. The van der Waals surface area contributed by atoms with Gasteiger partial charge in [0.05, 0.1) is 5.69 Å². The van der Waals surface area contributed by atoms with Crippen LogP contribution in [0, 0.1) is 0 Å². The molecule has 1 aromatic heterocycles. The van der Waals surface area contributed by atoms with Crippen LogP contribution in [0.5, 0.6) is 0 Å². The van der Waals surface area contributed by atoms with Crippen molar-refractivity contribution in [3.8, 4) is 0 Å². The molecule has 4 heteroatoms. The lowest BCUT2D eigenvalue weighted by molar-refractivity contribution is -0.118. The van der Waals surface area contributed by atoms with Gasteiger partial charge in [-0.2, -0.15) is 5.10 Å². The molecule has 1 rings (SSSR count). The Morgan fingerprint density at radius 1 is 1.50 bits per heavy atom. The summed E-state index contributed by atoms with van der Waals surface area (Å²) in [6, 6.07) is 2.23. The smallest absolute Gasteiger partial charge is 0.138 e. The van der Waals surface area contributed by atoms with Gasteiger partial charge in [0.15, 0.2) is 0 Å². The predicted octanol–water partition coefficient (Wildman–Crippen LogP) is 2.09. The minimum atomic E-state index is 0.186. The number of carbonyl (C=O) groups excluding carboxylic acids is 1. The summed E-state index contributed by atoms with van der Waals surface area (Å²) in [6.07, 6.45) is 3.84. The fourth-order valence-electron chi connectivity index (χ4n) is 2.02. The average molecular weight is 251 g/mol. The van der Waals surface area contributed by atoms with E-state index in [1.54, 1.807) is 0 Å². The van der Waals surface area contributed by atoms with Crippen molar-refractivity contribution < 1.29 is 4.79 Å². The van der Waals surface area contributed by atoms with E-state index in [4.69, 9.17) is 5.73 Å². The number of aromatic nitrogens is 2. The number of hydrogen-bond acceptors (Lipinski definition) is 3. The molecule has 0 spiro atoms. The highest BCUT2D eigenvalue weighted by molar-refractivity contribution is 5.80. The van der Waals surface area contributed by atoms with Crippen molar-refractivity contribution in [2.24, 2.45) is 5.73 Å². The lowest BCUT2D eigenvalue weighted by Crippen LogP contribution is -2.15. The predicted molar refractivity (Wildman–Crippen MR) is 73.5 cm³/mol. The van der Waals surface area contributed by atoms with Gasteiger partial charge in [0.2, 0.25) is 0 Å². The normalized spacial score (nSPS) is 12.7. The zero-order chi connectivity index (χ0) is 13.5. The van der Waals surface area contributed by atoms with Crippen LogP contribution in [-0.4, -0.2) is 21.6 Å². The molecule has 0 radical (unpaired) electrons. The summed E-state index contributed by atoms with van der Waals surface area (Å²) >= 11 is 0. The van der Waals surface area contributed by atoms with Gasteiger partial charge < -0.3 is 5.73 Å². The lowest BCUT2D eigenvalue weighted by atomic mass is 10.1. The van der Waals surface area contributed by atoms with Crippen LogP contribution in [0.25, 0.3) is 0 Å². The van der Waals surface area contributed by atoms with Crippen molar-refractivity contribution in [3.63, 3.8) is 0 Å². The molecule has 0 bridgehead atoms. The van der Waals surface area contributed by atoms with Gasteiger partial charge in [-0.15, -0.1) is 0 Å². The van der Waals surface area contributed by atoms with Crippen LogP contribution in [0.15, 0.2) is 6.07 Å². The minimum absolute atomic E-state index is 0.186. The summed E-state index contributed by atoms with van der Waals surface area (Å²) in [5, 5.41) is 4.45. The summed E-state index contributed by atoms with van der Waals surface area (Å²) < 4.78 is 1.93. The SMILES string of the molecule is CCc1cc(CC(=O)CCCC(C)N)n(CC)n1. The van der Waals surface area contributed by atoms with Crippen molar-refractivity contribution >= 4 is 5.78 Å². The highest BCUT2D eigenvalue weighted by atomic mass is 16.1. The van der Waals surface area contributed by atoms with Crippen LogP contribution >= 0.6 is 0 Å². The van der Waals surface area contributed by atoms with Crippen LogP contribution in [0.4, 0.5) is 0 Å². The maximum Gasteiger partial charge on any atom is 0.138 e. The Kier molecular flexibility index (Phi) is 6.05. The van der Waals surface area contributed by atoms with E-state index in [1.807, 2.05) is 17.7 Å². The minimum Gasteiger partial charge on any atom is -0.328 e. The molecule has 102 valence electrons. The lowest BCUT2D eigenvalue weighted by Gasteiger charge is -2.05. The molecule has 18 heavy (non-hydrogen) atoms. The van der Waals surface area contributed by atoms with Gasteiger partial charge in [-0.25, -0.2) is 0 Å². The maximum atomic E-state index is 11.9. The van der Waals surface area contributed by atoms with Crippen molar-refractivity contribution in [1.82, 2.24) is 9.78 Å². The average Bonchev–Trinajstić information content (AvgIpc) is 2.70. The van der Waals surface area contributed by atoms with E-state index < -0.39 is 0 Å². The van der Waals surface area contributed by atoms with E-state index >= 15 is 0 Å². The largest absolute Gasteiger partial charge is 0.328 e. The summed E-state index contributed by atoms with van der Waals surface area (Å²) in [7, 11) is 0. The van der Waals surface area contributed by atoms with Gasteiger partial charge in [-0.1, -0.05) is 6.92 Å².